The van der Waals surface area contributed by atoms with E-state index in [-0.39, 0.29) is 12.0 Å². The monoisotopic (exact) mass is 410 g/mol. The number of rotatable bonds is 7. The zero-order valence-corrected chi connectivity index (χ0v) is 16.4. The minimum absolute atomic E-state index is 0.0501. The summed E-state index contributed by atoms with van der Waals surface area (Å²) in [6.45, 7) is 0.571. The maximum Gasteiger partial charge on any atom is 0.330 e. The lowest BCUT2D eigenvalue weighted by Gasteiger charge is -2.17. The summed E-state index contributed by atoms with van der Waals surface area (Å²) in [7, 11) is -3.81. The van der Waals surface area contributed by atoms with Crippen LogP contribution in [0, 0.1) is 24.2 Å². The fourth-order valence-electron chi connectivity index (χ4n) is 2.78. The Balaban J connectivity index is 2.19. The molecule has 2 rings (SSSR count). The van der Waals surface area contributed by atoms with E-state index < -0.39 is 43.9 Å². The first-order valence-electron chi connectivity index (χ1n) is 8.78. The summed E-state index contributed by atoms with van der Waals surface area (Å²) in [5, 5.41) is 9.41. The number of H-pyrrole nitrogens is 1. The van der Waals surface area contributed by atoms with Crippen molar-refractivity contribution in [3.05, 3.63) is 32.6 Å². The molecule has 0 aliphatic carbocycles. The Morgan fingerprint density at radius 2 is 2.14 bits per heavy atom. The summed E-state index contributed by atoms with van der Waals surface area (Å²) in [5.41, 5.74) is -1.24. The van der Waals surface area contributed by atoms with E-state index in [9.17, 15) is 24.2 Å². The molecule has 1 fully saturated rings. The van der Waals surface area contributed by atoms with Crippen LogP contribution >= 0.6 is 7.60 Å². The normalized spacial score (nSPS) is 23.4. The topological polar surface area (TPSA) is 131 Å². The second-order valence-electron chi connectivity index (χ2n) is 6.42. The van der Waals surface area contributed by atoms with E-state index in [1.54, 1.807) is 0 Å². The Bertz CT molecular complexity index is 944. The molecule has 0 radical (unpaired) electrons. The van der Waals surface area contributed by atoms with Gasteiger partial charge in [0.1, 0.15) is 17.9 Å². The number of nitrogens with one attached hydrogen (secondary N) is 1. The Morgan fingerprint density at radius 1 is 1.43 bits per heavy atom. The van der Waals surface area contributed by atoms with Gasteiger partial charge in [-0.2, -0.15) is 0 Å². The Morgan fingerprint density at radius 3 is 2.79 bits per heavy atom. The molecule has 0 aromatic carbocycles. The molecular weight excluding hydrogens is 387 g/mol. The van der Waals surface area contributed by atoms with Crippen molar-refractivity contribution in [2.75, 3.05) is 13.3 Å². The van der Waals surface area contributed by atoms with Gasteiger partial charge >= 0.3 is 13.3 Å². The van der Waals surface area contributed by atoms with Gasteiger partial charge in [-0.15, -0.1) is 12.3 Å². The van der Waals surface area contributed by atoms with Crippen molar-refractivity contribution in [1.82, 2.24) is 9.55 Å². The summed E-state index contributed by atoms with van der Waals surface area (Å²) in [4.78, 5) is 35.7. The highest BCUT2D eigenvalue weighted by Gasteiger charge is 2.39. The summed E-state index contributed by atoms with van der Waals surface area (Å²) in [6.07, 6.45) is 6.74. The molecule has 2 unspecified atom stereocenters. The number of ether oxygens (including phenoxy) is 1. The molecule has 0 saturated carbocycles. The predicted molar refractivity (Wildman–Crippen MR) is 102 cm³/mol. The van der Waals surface area contributed by atoms with E-state index in [4.69, 9.17) is 15.7 Å². The molecule has 1 aliphatic heterocycles. The molecule has 28 heavy (non-hydrogen) atoms. The van der Waals surface area contributed by atoms with Gasteiger partial charge in [0, 0.05) is 32.1 Å². The molecule has 0 spiro atoms. The zero-order chi connectivity index (χ0) is 20.7. The van der Waals surface area contributed by atoms with Crippen LogP contribution in [-0.2, 0) is 13.8 Å². The highest BCUT2D eigenvalue weighted by molar-refractivity contribution is 7.51. The first kappa shape index (κ1) is 22.2. The van der Waals surface area contributed by atoms with E-state index in [2.05, 4.69) is 22.7 Å². The van der Waals surface area contributed by atoms with Crippen LogP contribution in [0.15, 0.2) is 15.8 Å². The Hall–Kier alpha value is -2.13. The van der Waals surface area contributed by atoms with Crippen LogP contribution in [0.5, 0.6) is 0 Å². The number of terminal acetylenes is 1. The SMILES string of the molecule is C#CCCCCC#Cc1cn([C@H]2C[C@@H](OP(C)(=O)O)C(CO)O2)c(=O)[nH]c1=O. The van der Waals surface area contributed by atoms with Crippen LogP contribution in [0.1, 0.15) is 43.9 Å². The van der Waals surface area contributed by atoms with Crippen molar-refractivity contribution >= 4 is 7.60 Å². The number of aromatic amines is 1. The maximum atomic E-state index is 12.2. The molecule has 1 aliphatic rings. The van der Waals surface area contributed by atoms with Crippen molar-refractivity contribution in [3.8, 4) is 24.2 Å². The summed E-state index contributed by atoms with van der Waals surface area (Å²) in [6, 6.07) is 0. The average Bonchev–Trinajstić information content (AvgIpc) is 3.00. The van der Waals surface area contributed by atoms with Crippen LogP contribution in [0.4, 0.5) is 0 Å². The highest BCUT2D eigenvalue weighted by atomic mass is 31.2. The number of aromatic nitrogens is 2. The highest BCUT2D eigenvalue weighted by Crippen LogP contribution is 2.43. The Kier molecular flexibility index (Phi) is 7.82. The molecular formula is C18H23N2O7P. The first-order valence-corrected chi connectivity index (χ1v) is 10.8. The summed E-state index contributed by atoms with van der Waals surface area (Å²) in [5.74, 6) is 8.14. The van der Waals surface area contributed by atoms with E-state index in [1.165, 1.54) is 6.20 Å². The van der Waals surface area contributed by atoms with Crippen LogP contribution in [0.25, 0.3) is 0 Å². The lowest BCUT2D eigenvalue weighted by molar-refractivity contribution is -0.0430. The van der Waals surface area contributed by atoms with Gasteiger partial charge in [-0.3, -0.25) is 18.9 Å². The molecule has 1 aromatic rings. The third-order valence-electron chi connectivity index (χ3n) is 4.07. The second kappa shape index (κ2) is 9.88. The number of hydrogen-bond donors (Lipinski definition) is 3. The van der Waals surface area contributed by atoms with E-state index >= 15 is 0 Å². The third kappa shape index (κ3) is 6.20. The molecule has 1 aromatic heterocycles. The fraction of sp³-hybridized carbons (Fsp3) is 0.556. The van der Waals surface area contributed by atoms with Gasteiger partial charge in [0.05, 0.1) is 12.7 Å². The summed E-state index contributed by atoms with van der Waals surface area (Å²) >= 11 is 0. The number of aliphatic hydroxyl groups excluding tert-OH is 1. The van der Waals surface area contributed by atoms with Crippen LogP contribution < -0.4 is 11.2 Å². The molecule has 0 bridgehead atoms. The van der Waals surface area contributed by atoms with Crippen LogP contribution in [0.2, 0.25) is 0 Å². The quantitative estimate of drug-likeness (QED) is 0.340. The van der Waals surface area contributed by atoms with Crippen molar-refractivity contribution in [2.24, 2.45) is 0 Å². The molecule has 1 saturated heterocycles. The molecule has 10 heteroatoms. The number of aliphatic hydroxyl groups is 1. The minimum Gasteiger partial charge on any atom is -0.394 e. The Labute approximate surface area is 162 Å². The lowest BCUT2D eigenvalue weighted by Crippen LogP contribution is -2.33. The van der Waals surface area contributed by atoms with Gasteiger partial charge in [0.2, 0.25) is 0 Å². The second-order valence-corrected chi connectivity index (χ2v) is 8.23. The van der Waals surface area contributed by atoms with Crippen molar-refractivity contribution in [3.63, 3.8) is 0 Å². The average molecular weight is 410 g/mol. The van der Waals surface area contributed by atoms with Gasteiger partial charge in [-0.25, -0.2) is 4.79 Å². The lowest BCUT2D eigenvalue weighted by atomic mass is 10.2. The zero-order valence-electron chi connectivity index (χ0n) is 15.5. The molecule has 152 valence electrons. The van der Waals surface area contributed by atoms with Crippen LogP contribution in [-0.4, -0.2) is 45.0 Å². The number of unbranched alkanes of at least 4 members (excludes halogenated alkanes) is 3. The largest absolute Gasteiger partial charge is 0.394 e. The summed E-state index contributed by atoms with van der Waals surface area (Å²) < 4.78 is 23.3. The molecule has 9 nitrogen and oxygen atoms in total. The third-order valence-corrected chi connectivity index (χ3v) is 4.73. The molecule has 2 heterocycles. The van der Waals surface area contributed by atoms with Crippen molar-refractivity contribution in [2.45, 2.75) is 50.5 Å². The van der Waals surface area contributed by atoms with E-state index in [1.807, 2.05) is 0 Å². The van der Waals surface area contributed by atoms with Crippen molar-refractivity contribution in [1.29, 1.82) is 0 Å². The first-order chi connectivity index (χ1) is 13.2. The van der Waals surface area contributed by atoms with E-state index in [0.717, 1.165) is 24.1 Å². The number of hydrogen-bond acceptors (Lipinski definition) is 6. The van der Waals surface area contributed by atoms with Crippen molar-refractivity contribution < 1.29 is 23.8 Å². The predicted octanol–water partition coefficient (Wildman–Crippen LogP) is 0.562. The smallest absolute Gasteiger partial charge is 0.330 e. The van der Waals surface area contributed by atoms with Gasteiger partial charge in [0.15, 0.2) is 0 Å². The standard InChI is InChI=1S/C18H23N2O7P/c1-3-4-5-6-7-8-9-13-11-20(18(23)19-17(13)22)16-10-14(15(12-21)26-16)27-28(2,24)25/h1,11,14-16,21H,4-7,10,12H2,2H3,(H,24,25)(H,19,22,23)/t14-,15?,16-/m1/s1. The minimum atomic E-state index is -3.81. The number of nitrogens with zero attached hydrogens (tertiary/aromatic N) is 1. The van der Waals surface area contributed by atoms with Gasteiger partial charge in [-0.1, -0.05) is 11.8 Å². The molecule has 0 amide bonds. The van der Waals surface area contributed by atoms with Gasteiger partial charge < -0.3 is 19.3 Å². The molecule has 4 atom stereocenters. The maximum absolute atomic E-state index is 12.2. The van der Waals surface area contributed by atoms with Crippen LogP contribution in [0.3, 0.4) is 0 Å². The molecule has 3 N–H and O–H groups in total. The van der Waals surface area contributed by atoms with Gasteiger partial charge in [-0.05, 0) is 12.8 Å². The van der Waals surface area contributed by atoms with E-state index in [0.29, 0.717) is 12.8 Å². The fourth-order valence-corrected chi connectivity index (χ4v) is 3.51. The van der Waals surface area contributed by atoms with Gasteiger partial charge in [0.25, 0.3) is 5.56 Å².